The number of carbonyl (C=O) groups is 1. The van der Waals surface area contributed by atoms with E-state index in [1.54, 1.807) is 0 Å². The number of fused-ring (bicyclic) bond motifs is 5. The lowest BCUT2D eigenvalue weighted by Gasteiger charge is -2.03. The van der Waals surface area contributed by atoms with Crippen LogP contribution in [0, 0.1) is 80.9 Å². The van der Waals surface area contributed by atoms with Gasteiger partial charge < -0.3 is 4.42 Å². The van der Waals surface area contributed by atoms with Gasteiger partial charge >= 0.3 is 11.4 Å². The van der Waals surface area contributed by atoms with E-state index < -0.39 is 140 Å². The Morgan fingerprint density at radius 2 is 0.660 bits per heavy atom. The lowest BCUT2D eigenvalue weighted by molar-refractivity contribution is -0.395. The molecule has 1 heterocycles. The molecule has 53 heavy (non-hydrogen) atoms. The van der Waals surface area contributed by atoms with Crippen molar-refractivity contribution < 1.29 is 48.6 Å². The van der Waals surface area contributed by atoms with Crippen LogP contribution in [0.1, 0.15) is 15.9 Å². The molecule has 0 amide bonds. The van der Waals surface area contributed by atoms with E-state index in [0.29, 0.717) is 36.4 Å². The third-order valence-corrected chi connectivity index (χ3v) is 7.38. The fourth-order valence-electron chi connectivity index (χ4n) is 5.23. The SMILES string of the molecule is O=C1c2cc([N+](=O)[O-])cc([N+](=O)[O-])c2-c2c1cc([N+](=O)[O-])cc2[N+](=O)[O-].O=c1c2cc([N+](=O)[O-])cc([N+](=O)[O-])c2oc2c([N+](=O)[O-])cc([N+](=O)[O-])cc12. The fourth-order valence-corrected chi connectivity index (χ4v) is 5.23. The van der Waals surface area contributed by atoms with E-state index >= 15 is 0 Å². The van der Waals surface area contributed by atoms with E-state index in [1.165, 1.54) is 0 Å². The molecule has 0 atom stereocenters. The lowest BCUT2D eigenvalue weighted by atomic mass is 10.0. The van der Waals surface area contributed by atoms with Gasteiger partial charge in [-0.25, -0.2) is 0 Å². The van der Waals surface area contributed by atoms with Crippen molar-refractivity contribution >= 4 is 73.2 Å². The minimum absolute atomic E-state index is 0.470. The second-order valence-electron chi connectivity index (χ2n) is 10.3. The first kappa shape index (κ1) is 35.5. The van der Waals surface area contributed by atoms with Gasteiger partial charge in [-0.1, -0.05) is 0 Å². The van der Waals surface area contributed by atoms with Gasteiger partial charge in [0.2, 0.25) is 16.6 Å². The molecule has 4 aromatic carbocycles. The van der Waals surface area contributed by atoms with E-state index in [-0.39, 0.29) is 0 Å². The standard InChI is InChI=1S/C13H4N4O10.C13H4N4O9/c18-11-7-1-5(14(19)20)3-9(16(23)24)12(7)27-13-8(11)2-6(15(21)22)4-10(13)17(25)26;18-13-7-1-5(14(19)20)3-9(16(23)24)11(7)12-8(13)2-6(15(21)22)4-10(12)17(25)26/h1-4H;1-4H. The highest BCUT2D eigenvalue weighted by Crippen LogP contribution is 2.49. The molecular weight excluding hydrogens is 728 g/mol. The highest BCUT2D eigenvalue weighted by molar-refractivity contribution is 6.25. The third-order valence-electron chi connectivity index (χ3n) is 7.38. The number of hydrogen-bond acceptors (Lipinski definition) is 19. The largest absolute Gasteiger partial charge is 0.441 e. The Morgan fingerprint density at radius 1 is 0.377 bits per heavy atom. The molecule has 1 aromatic heterocycles. The van der Waals surface area contributed by atoms with Crippen LogP contribution in [0.3, 0.4) is 0 Å². The molecule has 0 saturated heterocycles. The Balaban J connectivity index is 0.000000204. The molecule has 0 N–H and O–H groups in total. The van der Waals surface area contributed by atoms with Gasteiger partial charge in [0.15, 0.2) is 5.78 Å². The molecule has 0 bridgehead atoms. The van der Waals surface area contributed by atoms with Crippen LogP contribution in [0.4, 0.5) is 45.5 Å². The third kappa shape index (κ3) is 5.94. The number of ketones is 1. The maximum Gasteiger partial charge on any atom is 0.319 e. The second kappa shape index (κ2) is 12.6. The van der Waals surface area contributed by atoms with Crippen molar-refractivity contribution in [2.24, 2.45) is 0 Å². The number of carbonyl (C=O) groups excluding carboxylic acids is 1. The molecule has 266 valence electrons. The minimum Gasteiger partial charge on any atom is -0.441 e. The lowest BCUT2D eigenvalue weighted by Crippen LogP contribution is -2.07. The quantitative estimate of drug-likeness (QED) is 0.111. The normalized spacial score (nSPS) is 11.2. The highest BCUT2D eigenvalue weighted by atomic mass is 16.7. The van der Waals surface area contributed by atoms with Gasteiger partial charge in [0.25, 0.3) is 34.1 Å². The van der Waals surface area contributed by atoms with Crippen molar-refractivity contribution in [1.82, 2.24) is 0 Å². The average Bonchev–Trinajstić information content (AvgIpc) is 3.37. The second-order valence-corrected chi connectivity index (χ2v) is 10.3. The molecule has 0 radical (unpaired) electrons. The first-order chi connectivity index (χ1) is 24.7. The van der Waals surface area contributed by atoms with Gasteiger partial charge in [0, 0.05) is 35.4 Å². The van der Waals surface area contributed by atoms with Gasteiger partial charge in [-0.15, -0.1) is 0 Å². The van der Waals surface area contributed by atoms with Crippen LogP contribution in [-0.4, -0.2) is 45.2 Å². The summed E-state index contributed by atoms with van der Waals surface area (Å²) in [5, 5.41) is 87.6. The van der Waals surface area contributed by atoms with Crippen LogP contribution in [-0.2, 0) is 0 Å². The predicted octanol–water partition coefficient (Wildman–Crippen LogP) is 5.11. The summed E-state index contributed by atoms with van der Waals surface area (Å²) in [6.07, 6.45) is 0. The first-order valence-corrected chi connectivity index (χ1v) is 13.4. The van der Waals surface area contributed by atoms with Crippen LogP contribution < -0.4 is 5.43 Å². The summed E-state index contributed by atoms with van der Waals surface area (Å²) in [4.78, 5) is 106. The molecule has 1 aliphatic carbocycles. The smallest absolute Gasteiger partial charge is 0.319 e. The monoisotopic (exact) mass is 736 g/mol. The first-order valence-electron chi connectivity index (χ1n) is 13.4. The van der Waals surface area contributed by atoms with Gasteiger partial charge in [-0.3, -0.25) is 90.5 Å². The number of benzene rings is 4. The van der Waals surface area contributed by atoms with Crippen molar-refractivity contribution in [3.63, 3.8) is 0 Å². The zero-order chi connectivity index (χ0) is 39.4. The molecule has 27 nitrogen and oxygen atoms in total. The van der Waals surface area contributed by atoms with Gasteiger partial charge in [0.05, 0.1) is 85.6 Å². The van der Waals surface area contributed by atoms with Crippen molar-refractivity contribution in [3.05, 3.63) is 151 Å². The molecule has 0 fully saturated rings. The summed E-state index contributed by atoms with van der Waals surface area (Å²) in [6, 6.07) is 5.11. The van der Waals surface area contributed by atoms with E-state index in [1.807, 2.05) is 0 Å². The molecule has 6 rings (SSSR count). The average molecular weight is 736 g/mol. The molecule has 1 aliphatic rings. The fraction of sp³-hybridized carbons (Fsp3) is 0. The maximum absolute atomic E-state index is 12.6. The number of nitro groups is 8. The van der Waals surface area contributed by atoms with Crippen molar-refractivity contribution in [2.75, 3.05) is 0 Å². The summed E-state index contributed by atoms with van der Waals surface area (Å²) in [5.74, 6) is -1.01. The molecule has 0 saturated carbocycles. The van der Waals surface area contributed by atoms with Crippen LogP contribution >= 0.6 is 0 Å². The van der Waals surface area contributed by atoms with Crippen LogP contribution in [0.15, 0.2) is 57.7 Å². The molecule has 0 unspecified atom stereocenters. The summed E-state index contributed by atoms with van der Waals surface area (Å²) >= 11 is 0. The highest BCUT2D eigenvalue weighted by Gasteiger charge is 2.42. The Labute approximate surface area is 284 Å². The summed E-state index contributed by atoms with van der Waals surface area (Å²) in [7, 11) is 0. The zero-order valence-corrected chi connectivity index (χ0v) is 25.0. The predicted molar refractivity (Wildman–Crippen MR) is 169 cm³/mol. The minimum atomic E-state index is -1.12. The maximum atomic E-state index is 12.6. The van der Waals surface area contributed by atoms with Gasteiger partial charge in [-0.2, -0.15) is 0 Å². The van der Waals surface area contributed by atoms with Gasteiger partial charge in [-0.05, 0) is 0 Å². The number of rotatable bonds is 8. The zero-order valence-electron chi connectivity index (χ0n) is 25.0. The van der Waals surface area contributed by atoms with Crippen LogP contribution in [0.25, 0.3) is 33.1 Å². The van der Waals surface area contributed by atoms with Crippen molar-refractivity contribution in [3.8, 4) is 11.1 Å². The molecular formula is C26H8N8O19. The van der Waals surface area contributed by atoms with Crippen molar-refractivity contribution in [2.45, 2.75) is 0 Å². The van der Waals surface area contributed by atoms with Crippen LogP contribution in [0.2, 0.25) is 0 Å². The van der Waals surface area contributed by atoms with E-state index in [4.69, 9.17) is 4.42 Å². The molecule has 0 spiro atoms. The van der Waals surface area contributed by atoms with Crippen molar-refractivity contribution in [1.29, 1.82) is 0 Å². The number of non-ortho nitro benzene ring substituents is 6. The Kier molecular flexibility index (Phi) is 8.44. The van der Waals surface area contributed by atoms with E-state index in [2.05, 4.69) is 0 Å². The number of hydrogen-bond donors (Lipinski definition) is 0. The molecule has 0 aliphatic heterocycles. The topological polar surface area (TPSA) is 392 Å². The summed E-state index contributed by atoms with van der Waals surface area (Å²) < 4.78 is 5.15. The number of nitro benzene ring substituents is 8. The van der Waals surface area contributed by atoms with Gasteiger partial charge in [0.1, 0.15) is 0 Å². The van der Waals surface area contributed by atoms with Crippen LogP contribution in [0.5, 0.6) is 0 Å². The summed E-state index contributed by atoms with van der Waals surface area (Å²) in [6.45, 7) is 0. The summed E-state index contributed by atoms with van der Waals surface area (Å²) in [5.41, 5.74) is -11.2. The Bertz CT molecular complexity index is 2530. The van der Waals surface area contributed by atoms with E-state index in [0.717, 1.165) is 12.1 Å². The Hall–Kier alpha value is -8.78. The molecule has 5 aromatic rings. The Morgan fingerprint density at radius 3 is 0.943 bits per heavy atom. The number of nitrogens with zero attached hydrogens (tertiary/aromatic N) is 8. The molecule has 27 heteroatoms. The van der Waals surface area contributed by atoms with E-state index in [9.17, 15) is 90.5 Å².